The van der Waals surface area contributed by atoms with Crippen LogP contribution in [-0.2, 0) is 15.3 Å². The fourth-order valence-corrected chi connectivity index (χ4v) is 5.14. The third-order valence-electron chi connectivity index (χ3n) is 6.44. The minimum atomic E-state index is -1.07. The fraction of sp³-hybridized carbons (Fsp3) is 0.391. The number of nitrogens with one attached hydrogen (secondary N) is 1. The van der Waals surface area contributed by atoms with Crippen LogP contribution in [0.25, 0.3) is 0 Å². The molecule has 172 valence electrons. The zero-order valence-corrected chi connectivity index (χ0v) is 19.5. The number of fused-ring (bicyclic) bond motifs is 3. The summed E-state index contributed by atoms with van der Waals surface area (Å²) in [6.07, 6.45) is 5.58. The molecule has 3 aliphatic rings. The number of carboxylic acid groups (broad SMARTS) is 1. The smallest absolute Gasteiger partial charge is 0.355 e. The molecule has 1 aromatic carbocycles. The van der Waals surface area contributed by atoms with E-state index in [9.17, 15) is 14.7 Å². The monoisotopic (exact) mass is 467 g/mol. The summed E-state index contributed by atoms with van der Waals surface area (Å²) >= 11 is 1.46. The third kappa shape index (κ3) is 3.58. The molecule has 0 radical (unpaired) electrons. The first-order valence-corrected chi connectivity index (χ1v) is 12.0. The molecule has 1 fully saturated rings. The van der Waals surface area contributed by atoms with Gasteiger partial charge in [0.25, 0.3) is 5.91 Å². The first kappa shape index (κ1) is 21.6. The summed E-state index contributed by atoms with van der Waals surface area (Å²) in [5.41, 5.74) is 0.932. The summed E-state index contributed by atoms with van der Waals surface area (Å²) in [6, 6.07) is 7.65. The number of ether oxygens (including phenoxy) is 1. The van der Waals surface area contributed by atoms with Crippen LogP contribution in [0.1, 0.15) is 42.6 Å². The van der Waals surface area contributed by atoms with E-state index in [-0.39, 0.29) is 17.6 Å². The van der Waals surface area contributed by atoms with Gasteiger partial charge in [-0.25, -0.2) is 14.8 Å². The molecule has 33 heavy (non-hydrogen) atoms. The molecular formula is C23H25N5O4S. The highest BCUT2D eigenvalue weighted by Crippen LogP contribution is 2.37. The quantitative estimate of drug-likeness (QED) is 0.518. The lowest BCUT2D eigenvalue weighted by molar-refractivity contribution is -0.133. The van der Waals surface area contributed by atoms with Gasteiger partial charge in [-0.2, -0.15) is 0 Å². The van der Waals surface area contributed by atoms with Gasteiger partial charge in [0.1, 0.15) is 17.1 Å². The van der Waals surface area contributed by atoms with Crippen LogP contribution in [-0.4, -0.2) is 52.3 Å². The molecule has 2 atom stereocenters. The Morgan fingerprint density at radius 2 is 2.21 bits per heavy atom. The largest absolute Gasteiger partial charge is 0.476 e. The maximum Gasteiger partial charge on any atom is 0.355 e. The minimum Gasteiger partial charge on any atom is -0.476 e. The number of aliphatic carboxylic acids is 1. The normalized spacial score (nSPS) is 24.2. The predicted molar refractivity (Wildman–Crippen MR) is 124 cm³/mol. The zero-order valence-electron chi connectivity index (χ0n) is 18.7. The van der Waals surface area contributed by atoms with Gasteiger partial charge in [0.05, 0.1) is 0 Å². The fourth-order valence-electron chi connectivity index (χ4n) is 4.81. The van der Waals surface area contributed by atoms with Crippen LogP contribution in [0.15, 0.2) is 47.1 Å². The molecule has 0 saturated carbocycles. The van der Waals surface area contributed by atoms with Crippen molar-refractivity contribution in [3.8, 4) is 0 Å². The molecule has 1 saturated heterocycles. The number of allylic oxidation sites excluding steroid dienone is 1. The van der Waals surface area contributed by atoms with E-state index in [2.05, 4.69) is 20.2 Å². The lowest BCUT2D eigenvalue weighted by atomic mass is 10.0. The van der Waals surface area contributed by atoms with Crippen molar-refractivity contribution in [3.63, 3.8) is 0 Å². The first-order valence-electron chi connectivity index (χ1n) is 10.8. The number of amides is 1. The number of carbonyl (C=O) groups excluding carboxylic acids is 1. The lowest BCUT2D eigenvalue weighted by Crippen LogP contribution is -2.40. The molecule has 0 spiro atoms. The van der Waals surface area contributed by atoms with Gasteiger partial charge in [-0.05, 0) is 45.1 Å². The van der Waals surface area contributed by atoms with E-state index < -0.39 is 11.7 Å². The van der Waals surface area contributed by atoms with E-state index in [0.717, 1.165) is 30.6 Å². The van der Waals surface area contributed by atoms with Gasteiger partial charge in [-0.15, -0.1) is 0 Å². The molecule has 5 rings (SSSR count). The van der Waals surface area contributed by atoms with Crippen molar-refractivity contribution in [1.82, 2.24) is 15.3 Å². The van der Waals surface area contributed by atoms with E-state index in [0.29, 0.717) is 28.8 Å². The Kier molecular flexibility index (Phi) is 5.19. The number of rotatable bonds is 4. The number of anilines is 2. The average molecular weight is 468 g/mol. The van der Waals surface area contributed by atoms with Crippen LogP contribution < -0.4 is 15.1 Å². The molecule has 3 aliphatic heterocycles. The topological polar surface area (TPSA) is 108 Å². The van der Waals surface area contributed by atoms with Gasteiger partial charge in [0.2, 0.25) is 5.72 Å². The highest BCUT2D eigenvalue weighted by atomic mass is 32.2. The average Bonchev–Trinajstić information content (AvgIpc) is 3.38. The summed E-state index contributed by atoms with van der Waals surface area (Å²) in [5.74, 6) is -0.189. The van der Waals surface area contributed by atoms with E-state index in [1.807, 2.05) is 30.5 Å². The van der Waals surface area contributed by atoms with Crippen LogP contribution in [0.4, 0.5) is 11.5 Å². The van der Waals surface area contributed by atoms with Crippen molar-refractivity contribution in [2.24, 2.45) is 0 Å². The molecule has 0 aliphatic carbocycles. The predicted octanol–water partition coefficient (Wildman–Crippen LogP) is 2.94. The van der Waals surface area contributed by atoms with E-state index in [4.69, 9.17) is 4.74 Å². The molecule has 1 amide bonds. The molecule has 10 heteroatoms. The van der Waals surface area contributed by atoms with Gasteiger partial charge >= 0.3 is 5.97 Å². The van der Waals surface area contributed by atoms with Gasteiger partial charge in [-0.3, -0.25) is 4.79 Å². The van der Waals surface area contributed by atoms with E-state index in [1.165, 1.54) is 11.8 Å². The van der Waals surface area contributed by atoms with Crippen LogP contribution in [0.5, 0.6) is 0 Å². The third-order valence-corrected chi connectivity index (χ3v) is 7.00. The Balaban J connectivity index is 1.52. The molecule has 1 aromatic heterocycles. The second-order valence-electron chi connectivity index (χ2n) is 8.55. The summed E-state index contributed by atoms with van der Waals surface area (Å²) in [5, 5.41) is 13.1. The second kappa shape index (κ2) is 7.95. The van der Waals surface area contributed by atoms with Crippen molar-refractivity contribution in [2.75, 3.05) is 29.1 Å². The standard InChI is InChI=1S/C23H25N5O4S/c1-13-18(21(30)31)26-23(2,32-13)14-6-4-7-15(10-14)28-12-16-8-5-9-27(16)19-17(20(28)29)11-24-22(25-19)33-3/h4,6-7,10-11,16,26H,5,8-9,12H2,1-3H3,(H,30,31)/t16?,23-/m0/s1. The summed E-state index contributed by atoms with van der Waals surface area (Å²) < 4.78 is 5.91. The maximum absolute atomic E-state index is 13.7. The van der Waals surface area contributed by atoms with Crippen molar-refractivity contribution in [1.29, 1.82) is 0 Å². The molecule has 0 bridgehead atoms. The summed E-state index contributed by atoms with van der Waals surface area (Å²) in [7, 11) is 0. The molecule has 4 heterocycles. The van der Waals surface area contributed by atoms with E-state index >= 15 is 0 Å². The number of aromatic nitrogens is 2. The number of nitrogens with zero attached hydrogens (tertiary/aromatic N) is 4. The van der Waals surface area contributed by atoms with Crippen LogP contribution >= 0.6 is 11.8 Å². The lowest BCUT2D eigenvalue weighted by Gasteiger charge is -2.29. The Morgan fingerprint density at radius 1 is 1.39 bits per heavy atom. The number of hydrogen-bond donors (Lipinski definition) is 2. The molecular weight excluding hydrogens is 442 g/mol. The van der Waals surface area contributed by atoms with Gasteiger partial charge in [0.15, 0.2) is 10.9 Å². The zero-order chi connectivity index (χ0) is 23.3. The Morgan fingerprint density at radius 3 is 2.94 bits per heavy atom. The number of hydrogen-bond acceptors (Lipinski definition) is 8. The van der Waals surface area contributed by atoms with Crippen molar-refractivity contribution in [3.05, 3.63) is 53.0 Å². The van der Waals surface area contributed by atoms with Crippen LogP contribution in [0.2, 0.25) is 0 Å². The highest BCUT2D eigenvalue weighted by Gasteiger charge is 2.40. The van der Waals surface area contributed by atoms with Crippen molar-refractivity contribution >= 4 is 35.1 Å². The second-order valence-corrected chi connectivity index (χ2v) is 9.32. The van der Waals surface area contributed by atoms with Gasteiger partial charge in [0, 0.05) is 36.6 Å². The molecule has 9 nitrogen and oxygen atoms in total. The van der Waals surface area contributed by atoms with Gasteiger partial charge < -0.3 is 25.0 Å². The first-order chi connectivity index (χ1) is 15.8. The Hall–Kier alpha value is -3.27. The molecule has 2 N–H and O–H groups in total. The maximum atomic E-state index is 13.7. The van der Waals surface area contributed by atoms with Crippen LogP contribution in [0, 0.1) is 0 Å². The van der Waals surface area contributed by atoms with Gasteiger partial charge in [-0.1, -0.05) is 23.9 Å². The Labute approximate surface area is 195 Å². The Bertz CT molecular complexity index is 1190. The van der Waals surface area contributed by atoms with Crippen LogP contribution in [0.3, 0.4) is 0 Å². The number of benzene rings is 1. The van der Waals surface area contributed by atoms with Crippen molar-refractivity contribution < 1.29 is 19.4 Å². The number of carbonyl (C=O) groups is 2. The summed E-state index contributed by atoms with van der Waals surface area (Å²) in [4.78, 5) is 38.2. The highest BCUT2D eigenvalue weighted by molar-refractivity contribution is 7.98. The SMILES string of the molecule is CSc1ncc2c(n1)N1CCCC1CN(c1cccc([C@@]3(C)NC(C(=O)O)=C(C)O3)c1)C2=O. The van der Waals surface area contributed by atoms with E-state index in [1.54, 1.807) is 24.9 Å². The van der Waals surface area contributed by atoms with Crippen molar-refractivity contribution in [2.45, 2.75) is 43.6 Å². The molecule has 1 unspecified atom stereocenters. The minimum absolute atomic E-state index is 0.0334. The number of thioether (sulfide) groups is 1. The molecule has 2 aromatic rings. The summed E-state index contributed by atoms with van der Waals surface area (Å²) in [6.45, 7) is 4.80. The number of carboxylic acids is 1.